The van der Waals surface area contributed by atoms with Crippen molar-refractivity contribution in [3.05, 3.63) is 0 Å². The van der Waals surface area contributed by atoms with E-state index < -0.39 is 0 Å². The predicted molar refractivity (Wildman–Crippen MR) is 60.8 cm³/mol. The summed E-state index contributed by atoms with van der Waals surface area (Å²) in [6.07, 6.45) is 4.36. The minimum absolute atomic E-state index is 0.515. The minimum Gasteiger partial charge on any atom is -0.377 e. The molecule has 13 heavy (non-hydrogen) atoms. The van der Waals surface area contributed by atoms with E-state index in [1.165, 1.54) is 25.0 Å². The molecule has 0 spiro atoms. The maximum absolute atomic E-state index is 5.73. The molecule has 2 atom stereocenters. The van der Waals surface area contributed by atoms with Crippen molar-refractivity contribution in [1.82, 2.24) is 0 Å². The van der Waals surface area contributed by atoms with Gasteiger partial charge < -0.3 is 4.74 Å². The Labute approximate surface area is 90.6 Å². The van der Waals surface area contributed by atoms with Crippen LogP contribution in [-0.4, -0.2) is 30.1 Å². The normalized spacial score (nSPS) is 25.8. The van der Waals surface area contributed by atoms with Gasteiger partial charge in [0, 0.05) is 18.2 Å². The van der Waals surface area contributed by atoms with Gasteiger partial charge in [-0.2, -0.15) is 11.8 Å². The van der Waals surface area contributed by atoms with Gasteiger partial charge in [-0.15, -0.1) is 11.6 Å². The van der Waals surface area contributed by atoms with Crippen LogP contribution in [-0.2, 0) is 4.74 Å². The Morgan fingerprint density at radius 1 is 1.54 bits per heavy atom. The second-order valence-electron chi connectivity index (χ2n) is 3.79. The largest absolute Gasteiger partial charge is 0.377 e. The number of halogens is 1. The Hall–Kier alpha value is 0.600. The lowest BCUT2D eigenvalue weighted by atomic mass is 10.1. The van der Waals surface area contributed by atoms with Gasteiger partial charge in [0.25, 0.3) is 0 Å². The topological polar surface area (TPSA) is 9.23 Å². The highest BCUT2D eigenvalue weighted by Gasteiger charge is 2.13. The first-order valence-electron chi connectivity index (χ1n) is 5.08. The third kappa shape index (κ3) is 5.14. The Balaban J connectivity index is 1.98. The molecule has 1 nitrogen and oxygen atoms in total. The van der Waals surface area contributed by atoms with Crippen LogP contribution in [0.15, 0.2) is 0 Å². The number of hydrogen-bond donors (Lipinski definition) is 0. The highest BCUT2D eigenvalue weighted by Crippen LogP contribution is 2.18. The van der Waals surface area contributed by atoms with E-state index in [-0.39, 0.29) is 0 Å². The van der Waals surface area contributed by atoms with Crippen LogP contribution in [0.4, 0.5) is 0 Å². The summed E-state index contributed by atoms with van der Waals surface area (Å²) < 4.78 is 5.64. The molecule has 1 aliphatic heterocycles. The van der Waals surface area contributed by atoms with Crippen LogP contribution in [0.3, 0.4) is 0 Å². The van der Waals surface area contributed by atoms with E-state index in [1.807, 2.05) is 11.8 Å². The lowest BCUT2D eigenvalue weighted by molar-refractivity contribution is 0.0315. The molecule has 3 heteroatoms. The quantitative estimate of drug-likeness (QED) is 0.661. The zero-order valence-electron chi connectivity index (χ0n) is 8.30. The highest BCUT2D eigenvalue weighted by atomic mass is 35.5. The summed E-state index contributed by atoms with van der Waals surface area (Å²) in [6, 6.07) is 0. The van der Waals surface area contributed by atoms with Crippen LogP contribution in [0, 0.1) is 5.92 Å². The maximum Gasteiger partial charge on any atom is 0.0665 e. The van der Waals surface area contributed by atoms with Crippen molar-refractivity contribution in [3.63, 3.8) is 0 Å². The number of rotatable bonds is 5. The third-order valence-corrected chi connectivity index (χ3v) is 4.18. The standard InChI is InChI=1S/C10H19ClOS/c1-9(6-11)7-13-8-10-4-2-3-5-12-10/h9-10H,2-8H2,1H3. The summed E-state index contributed by atoms with van der Waals surface area (Å²) in [5.41, 5.74) is 0. The van der Waals surface area contributed by atoms with Crippen molar-refractivity contribution in [2.24, 2.45) is 5.92 Å². The first-order valence-corrected chi connectivity index (χ1v) is 6.77. The third-order valence-electron chi connectivity index (χ3n) is 2.24. The fourth-order valence-corrected chi connectivity index (χ4v) is 2.80. The van der Waals surface area contributed by atoms with Crippen molar-refractivity contribution in [3.8, 4) is 0 Å². The highest BCUT2D eigenvalue weighted by molar-refractivity contribution is 7.99. The molecule has 0 aromatic heterocycles. The zero-order valence-corrected chi connectivity index (χ0v) is 9.87. The van der Waals surface area contributed by atoms with Crippen molar-refractivity contribution < 1.29 is 4.74 Å². The van der Waals surface area contributed by atoms with Gasteiger partial charge in [-0.3, -0.25) is 0 Å². The molecule has 1 aliphatic rings. The van der Waals surface area contributed by atoms with E-state index in [2.05, 4.69) is 6.92 Å². The van der Waals surface area contributed by atoms with Crippen LogP contribution in [0.25, 0.3) is 0 Å². The monoisotopic (exact) mass is 222 g/mol. The number of hydrogen-bond acceptors (Lipinski definition) is 2. The lowest BCUT2D eigenvalue weighted by Crippen LogP contribution is -2.21. The van der Waals surface area contributed by atoms with Gasteiger partial charge in [0.05, 0.1) is 6.10 Å². The van der Waals surface area contributed by atoms with Crippen molar-refractivity contribution >= 4 is 23.4 Å². The van der Waals surface area contributed by atoms with Crippen LogP contribution in [0.5, 0.6) is 0 Å². The molecule has 0 radical (unpaired) electrons. The Kier molecular flexibility index (Phi) is 6.26. The number of alkyl halides is 1. The molecule has 2 unspecified atom stereocenters. The Morgan fingerprint density at radius 2 is 2.38 bits per heavy atom. The first kappa shape index (κ1) is 11.7. The molecule has 0 aromatic carbocycles. The Morgan fingerprint density at radius 3 is 3.00 bits per heavy atom. The van der Waals surface area contributed by atoms with Crippen molar-refractivity contribution in [2.75, 3.05) is 24.0 Å². The lowest BCUT2D eigenvalue weighted by Gasteiger charge is -2.22. The molecule has 1 heterocycles. The molecule has 1 saturated heterocycles. The second-order valence-corrected chi connectivity index (χ2v) is 5.17. The molecule has 0 aliphatic carbocycles. The van der Waals surface area contributed by atoms with Gasteiger partial charge in [-0.1, -0.05) is 6.92 Å². The molecule has 1 fully saturated rings. The molecule has 0 saturated carbocycles. The molecule has 0 amide bonds. The fourth-order valence-electron chi connectivity index (χ4n) is 1.38. The van der Waals surface area contributed by atoms with E-state index in [4.69, 9.17) is 16.3 Å². The molecular weight excluding hydrogens is 204 g/mol. The molecule has 0 N–H and O–H groups in total. The predicted octanol–water partition coefficient (Wildman–Crippen LogP) is 3.16. The molecule has 1 rings (SSSR count). The van der Waals surface area contributed by atoms with Crippen molar-refractivity contribution in [1.29, 1.82) is 0 Å². The summed E-state index contributed by atoms with van der Waals surface area (Å²) >= 11 is 7.71. The molecular formula is C10H19ClOS. The number of thioether (sulfide) groups is 1. The molecule has 78 valence electrons. The maximum atomic E-state index is 5.73. The van der Waals surface area contributed by atoms with E-state index in [0.29, 0.717) is 12.0 Å². The van der Waals surface area contributed by atoms with Gasteiger partial charge in [-0.05, 0) is 30.9 Å². The summed E-state index contributed by atoms with van der Waals surface area (Å²) in [7, 11) is 0. The molecule has 0 aromatic rings. The summed E-state index contributed by atoms with van der Waals surface area (Å²) in [5, 5.41) is 0. The average Bonchev–Trinajstić information content (AvgIpc) is 2.19. The van der Waals surface area contributed by atoms with Crippen molar-refractivity contribution in [2.45, 2.75) is 32.3 Å². The van der Waals surface area contributed by atoms with Gasteiger partial charge in [-0.25, -0.2) is 0 Å². The smallest absolute Gasteiger partial charge is 0.0665 e. The fraction of sp³-hybridized carbons (Fsp3) is 1.00. The van der Waals surface area contributed by atoms with E-state index in [1.54, 1.807) is 0 Å². The summed E-state index contributed by atoms with van der Waals surface area (Å²) in [6.45, 7) is 3.16. The average molecular weight is 223 g/mol. The Bertz CT molecular complexity index is 126. The SMILES string of the molecule is CC(CCl)CSCC1CCCCO1. The number of ether oxygens (including phenoxy) is 1. The van der Waals surface area contributed by atoms with Crippen LogP contribution in [0.2, 0.25) is 0 Å². The first-order chi connectivity index (χ1) is 6.33. The van der Waals surface area contributed by atoms with E-state index in [9.17, 15) is 0 Å². The second kappa shape index (κ2) is 6.97. The van der Waals surface area contributed by atoms with Crippen LogP contribution < -0.4 is 0 Å². The van der Waals surface area contributed by atoms with Crippen LogP contribution in [0.1, 0.15) is 26.2 Å². The van der Waals surface area contributed by atoms with E-state index in [0.717, 1.165) is 18.2 Å². The minimum atomic E-state index is 0.515. The van der Waals surface area contributed by atoms with Gasteiger partial charge in [0.2, 0.25) is 0 Å². The van der Waals surface area contributed by atoms with Crippen LogP contribution >= 0.6 is 23.4 Å². The van der Waals surface area contributed by atoms with Gasteiger partial charge in [0.1, 0.15) is 0 Å². The molecule has 0 bridgehead atoms. The summed E-state index contributed by atoms with van der Waals surface area (Å²) in [4.78, 5) is 0. The van der Waals surface area contributed by atoms with Gasteiger partial charge >= 0.3 is 0 Å². The zero-order chi connectivity index (χ0) is 9.52. The van der Waals surface area contributed by atoms with E-state index >= 15 is 0 Å². The van der Waals surface area contributed by atoms with Gasteiger partial charge in [0.15, 0.2) is 0 Å². The summed E-state index contributed by atoms with van der Waals surface area (Å²) in [5.74, 6) is 3.73.